The predicted molar refractivity (Wildman–Crippen MR) is 125 cm³/mol. The summed E-state index contributed by atoms with van der Waals surface area (Å²) in [6, 6.07) is 8.82. The molecule has 3 aromatic rings. The molecular formula is C24H27N3O5S. The van der Waals surface area contributed by atoms with Gasteiger partial charge in [-0.05, 0) is 75.4 Å². The first-order valence-electron chi connectivity index (χ1n) is 10.9. The number of aromatic nitrogens is 2. The number of nitrogens with one attached hydrogen (secondary N) is 1. The van der Waals surface area contributed by atoms with Gasteiger partial charge in [0.05, 0.1) is 18.8 Å². The van der Waals surface area contributed by atoms with E-state index in [1.54, 1.807) is 43.6 Å². The van der Waals surface area contributed by atoms with Crippen LogP contribution in [0.1, 0.15) is 58.0 Å². The molecule has 174 valence electrons. The van der Waals surface area contributed by atoms with E-state index < -0.39 is 5.97 Å². The van der Waals surface area contributed by atoms with E-state index in [-0.39, 0.29) is 24.4 Å². The van der Waals surface area contributed by atoms with Crippen LogP contribution in [0.4, 0.5) is 5.00 Å². The van der Waals surface area contributed by atoms with E-state index in [1.807, 2.05) is 13.8 Å². The molecule has 1 aliphatic rings. The number of rotatable bonds is 8. The SMILES string of the molecule is COc1ccc(OCn2ccc(C(=O)Nc3sc4c(c3C(=O)OC(C)C)CCCC4)n2)cc1. The number of carbonyl (C=O) groups excluding carboxylic acids is 2. The molecule has 0 spiro atoms. The summed E-state index contributed by atoms with van der Waals surface area (Å²) in [7, 11) is 1.60. The molecule has 1 aromatic carbocycles. The Labute approximate surface area is 196 Å². The second-order valence-electron chi connectivity index (χ2n) is 8.01. The van der Waals surface area contributed by atoms with Gasteiger partial charge in [-0.2, -0.15) is 5.10 Å². The fourth-order valence-electron chi connectivity index (χ4n) is 3.68. The Kier molecular flexibility index (Phi) is 6.98. The molecule has 0 fully saturated rings. The molecule has 4 rings (SSSR count). The zero-order valence-electron chi connectivity index (χ0n) is 18.9. The van der Waals surface area contributed by atoms with Crippen molar-refractivity contribution in [3.8, 4) is 11.5 Å². The lowest BCUT2D eigenvalue weighted by molar-refractivity contribution is 0.0378. The average Bonchev–Trinajstić information content (AvgIpc) is 3.42. The lowest BCUT2D eigenvalue weighted by Gasteiger charge is -2.14. The molecule has 1 N–H and O–H groups in total. The molecule has 0 bridgehead atoms. The van der Waals surface area contributed by atoms with Gasteiger partial charge in [-0.3, -0.25) is 4.79 Å². The molecule has 0 radical (unpaired) electrons. The number of amides is 1. The van der Waals surface area contributed by atoms with E-state index in [1.165, 1.54) is 16.0 Å². The summed E-state index contributed by atoms with van der Waals surface area (Å²) in [5.41, 5.74) is 1.73. The third-order valence-corrected chi connectivity index (χ3v) is 6.45. The molecule has 2 heterocycles. The number of hydrogen-bond donors (Lipinski definition) is 1. The standard InChI is InChI=1S/C24H27N3O5S/c1-15(2)32-24(29)21-18-6-4-5-7-20(18)33-23(21)25-22(28)19-12-13-27(26-19)14-31-17-10-8-16(30-3)9-11-17/h8-13,15H,4-7,14H2,1-3H3,(H,25,28). The zero-order chi connectivity index (χ0) is 23.4. The first kappa shape index (κ1) is 22.8. The van der Waals surface area contributed by atoms with Crippen LogP contribution < -0.4 is 14.8 Å². The maximum absolute atomic E-state index is 12.9. The highest BCUT2D eigenvalue weighted by molar-refractivity contribution is 7.17. The molecule has 1 aliphatic carbocycles. The Bertz CT molecular complexity index is 1130. The third kappa shape index (κ3) is 5.36. The molecule has 0 saturated carbocycles. The Morgan fingerprint density at radius 2 is 1.85 bits per heavy atom. The normalized spacial score (nSPS) is 12.8. The summed E-state index contributed by atoms with van der Waals surface area (Å²) in [5.74, 6) is 0.635. The second-order valence-corrected chi connectivity index (χ2v) is 9.12. The van der Waals surface area contributed by atoms with Gasteiger partial charge in [0.15, 0.2) is 12.4 Å². The molecule has 8 nitrogen and oxygen atoms in total. The number of fused-ring (bicyclic) bond motifs is 1. The number of aryl methyl sites for hydroxylation is 1. The predicted octanol–water partition coefficient (Wildman–Crippen LogP) is 4.69. The molecule has 0 atom stereocenters. The number of nitrogens with zero attached hydrogens (tertiary/aromatic N) is 2. The van der Waals surface area contributed by atoms with Crippen LogP contribution in [0.2, 0.25) is 0 Å². The number of hydrogen-bond acceptors (Lipinski definition) is 7. The van der Waals surface area contributed by atoms with Gasteiger partial charge in [0.2, 0.25) is 0 Å². The Balaban J connectivity index is 1.45. The summed E-state index contributed by atoms with van der Waals surface area (Å²) in [6.45, 7) is 3.78. The molecule has 2 aromatic heterocycles. The van der Waals surface area contributed by atoms with Crippen LogP contribution in [-0.2, 0) is 24.3 Å². The van der Waals surface area contributed by atoms with Crippen molar-refractivity contribution in [1.29, 1.82) is 0 Å². The third-order valence-electron chi connectivity index (χ3n) is 5.24. The van der Waals surface area contributed by atoms with Crippen molar-refractivity contribution in [2.45, 2.75) is 52.4 Å². The van der Waals surface area contributed by atoms with Gasteiger partial charge in [0.1, 0.15) is 16.5 Å². The van der Waals surface area contributed by atoms with E-state index in [4.69, 9.17) is 14.2 Å². The monoisotopic (exact) mass is 469 g/mol. The van der Waals surface area contributed by atoms with Crippen LogP contribution in [-0.4, -0.2) is 34.9 Å². The first-order valence-corrected chi connectivity index (χ1v) is 11.7. The highest BCUT2D eigenvalue weighted by atomic mass is 32.1. The fourth-order valence-corrected chi connectivity index (χ4v) is 4.95. The van der Waals surface area contributed by atoms with Gasteiger partial charge in [-0.1, -0.05) is 0 Å². The number of esters is 1. The van der Waals surface area contributed by atoms with Gasteiger partial charge >= 0.3 is 5.97 Å². The lowest BCUT2D eigenvalue weighted by Crippen LogP contribution is -2.18. The van der Waals surface area contributed by atoms with Crippen LogP contribution in [0.3, 0.4) is 0 Å². The summed E-state index contributed by atoms with van der Waals surface area (Å²) in [6.07, 6.45) is 5.28. The number of thiophene rings is 1. The number of benzene rings is 1. The van der Waals surface area contributed by atoms with E-state index in [2.05, 4.69) is 10.4 Å². The number of anilines is 1. The molecule has 0 unspecified atom stereocenters. The number of methoxy groups -OCH3 is 1. The highest BCUT2D eigenvalue weighted by Crippen LogP contribution is 2.39. The molecule has 33 heavy (non-hydrogen) atoms. The Morgan fingerprint density at radius 1 is 1.12 bits per heavy atom. The minimum Gasteiger partial charge on any atom is -0.497 e. The van der Waals surface area contributed by atoms with Crippen molar-refractivity contribution in [3.63, 3.8) is 0 Å². The Morgan fingerprint density at radius 3 is 2.58 bits per heavy atom. The van der Waals surface area contributed by atoms with Crippen molar-refractivity contribution in [1.82, 2.24) is 9.78 Å². The van der Waals surface area contributed by atoms with Gasteiger partial charge in [0.25, 0.3) is 5.91 Å². The van der Waals surface area contributed by atoms with Gasteiger partial charge < -0.3 is 19.5 Å². The number of ether oxygens (including phenoxy) is 3. The molecule has 1 amide bonds. The topological polar surface area (TPSA) is 91.7 Å². The molecule has 0 aliphatic heterocycles. The van der Waals surface area contributed by atoms with Gasteiger partial charge in [0, 0.05) is 11.1 Å². The Hall–Kier alpha value is -3.33. The lowest BCUT2D eigenvalue weighted by atomic mass is 9.95. The molecule has 0 saturated heterocycles. The van der Waals surface area contributed by atoms with Crippen molar-refractivity contribution < 1.29 is 23.8 Å². The smallest absolute Gasteiger partial charge is 0.341 e. The number of carbonyl (C=O) groups is 2. The quantitative estimate of drug-likeness (QED) is 0.482. The maximum atomic E-state index is 12.9. The summed E-state index contributed by atoms with van der Waals surface area (Å²) in [4.78, 5) is 26.8. The van der Waals surface area contributed by atoms with E-state index in [0.717, 1.165) is 41.9 Å². The molecular weight excluding hydrogens is 442 g/mol. The van der Waals surface area contributed by atoms with Crippen LogP contribution in [0.5, 0.6) is 11.5 Å². The van der Waals surface area contributed by atoms with Crippen molar-refractivity contribution in [2.75, 3.05) is 12.4 Å². The highest BCUT2D eigenvalue weighted by Gasteiger charge is 2.28. The fraction of sp³-hybridized carbons (Fsp3) is 0.375. The summed E-state index contributed by atoms with van der Waals surface area (Å²) >= 11 is 1.46. The van der Waals surface area contributed by atoms with Crippen LogP contribution in [0.25, 0.3) is 0 Å². The van der Waals surface area contributed by atoms with E-state index in [0.29, 0.717) is 16.3 Å². The zero-order valence-corrected chi connectivity index (χ0v) is 19.7. The minimum atomic E-state index is -0.391. The summed E-state index contributed by atoms with van der Waals surface area (Å²) in [5, 5.41) is 7.72. The van der Waals surface area contributed by atoms with Gasteiger partial charge in [-0.15, -0.1) is 11.3 Å². The first-order chi connectivity index (χ1) is 15.9. The minimum absolute atomic E-state index is 0.152. The van der Waals surface area contributed by atoms with E-state index in [9.17, 15) is 9.59 Å². The largest absolute Gasteiger partial charge is 0.497 e. The second kappa shape index (κ2) is 10.1. The van der Waals surface area contributed by atoms with Crippen LogP contribution in [0.15, 0.2) is 36.5 Å². The maximum Gasteiger partial charge on any atom is 0.341 e. The van der Waals surface area contributed by atoms with Crippen molar-refractivity contribution in [2.24, 2.45) is 0 Å². The van der Waals surface area contributed by atoms with Crippen LogP contribution in [0, 0.1) is 0 Å². The van der Waals surface area contributed by atoms with Gasteiger partial charge in [-0.25, -0.2) is 9.48 Å². The van der Waals surface area contributed by atoms with E-state index >= 15 is 0 Å². The molecule has 9 heteroatoms. The average molecular weight is 470 g/mol. The van der Waals surface area contributed by atoms with Crippen molar-refractivity contribution >= 4 is 28.2 Å². The van der Waals surface area contributed by atoms with Crippen LogP contribution >= 0.6 is 11.3 Å². The van der Waals surface area contributed by atoms with Crippen molar-refractivity contribution in [3.05, 3.63) is 58.2 Å². The summed E-state index contributed by atoms with van der Waals surface area (Å²) < 4.78 is 17.8.